The number of fused-ring (bicyclic) bond motifs is 1. The molecule has 1 atom stereocenters. The summed E-state index contributed by atoms with van der Waals surface area (Å²) < 4.78 is 27.7. The summed E-state index contributed by atoms with van der Waals surface area (Å²) in [4.78, 5) is 13.0. The predicted octanol–water partition coefficient (Wildman–Crippen LogP) is 2.72. The van der Waals surface area contributed by atoms with Crippen LogP contribution in [0.4, 0.5) is 0 Å². The molecule has 6 heteroatoms. The van der Waals surface area contributed by atoms with Crippen molar-refractivity contribution in [3.05, 3.63) is 65.7 Å². The molecule has 0 fully saturated rings. The van der Waals surface area contributed by atoms with Crippen molar-refractivity contribution in [3.63, 3.8) is 0 Å². The van der Waals surface area contributed by atoms with Crippen LogP contribution in [-0.2, 0) is 27.8 Å². The molecule has 138 valence electrons. The topological polar surface area (TPSA) is 66.5 Å². The number of rotatable bonds is 6. The van der Waals surface area contributed by atoms with Crippen molar-refractivity contribution in [1.29, 1.82) is 0 Å². The SMILES string of the molecule is CCCCNC(=O)C1Cc2ccccc2CN1S(=O)(=O)c1ccccc1. The molecule has 0 radical (unpaired) electrons. The maximum absolute atomic E-state index is 13.2. The summed E-state index contributed by atoms with van der Waals surface area (Å²) in [5.74, 6) is -0.229. The van der Waals surface area contributed by atoms with E-state index in [0.29, 0.717) is 13.0 Å². The van der Waals surface area contributed by atoms with E-state index in [9.17, 15) is 13.2 Å². The lowest BCUT2D eigenvalue weighted by atomic mass is 9.95. The summed E-state index contributed by atoms with van der Waals surface area (Å²) in [6.07, 6.45) is 2.24. The Balaban J connectivity index is 1.95. The maximum atomic E-state index is 13.2. The summed E-state index contributed by atoms with van der Waals surface area (Å²) in [6, 6.07) is 15.3. The van der Waals surface area contributed by atoms with Gasteiger partial charge in [-0.15, -0.1) is 0 Å². The molecule has 0 saturated carbocycles. The number of carbonyl (C=O) groups is 1. The van der Waals surface area contributed by atoms with E-state index in [0.717, 1.165) is 24.0 Å². The van der Waals surface area contributed by atoms with Crippen LogP contribution >= 0.6 is 0 Å². The van der Waals surface area contributed by atoms with Crippen LogP contribution in [0, 0.1) is 0 Å². The summed E-state index contributed by atoms with van der Waals surface area (Å²) >= 11 is 0. The van der Waals surface area contributed by atoms with Gasteiger partial charge < -0.3 is 5.32 Å². The van der Waals surface area contributed by atoms with Crippen molar-refractivity contribution in [3.8, 4) is 0 Å². The van der Waals surface area contributed by atoms with Crippen LogP contribution in [0.3, 0.4) is 0 Å². The van der Waals surface area contributed by atoms with Gasteiger partial charge in [0.15, 0.2) is 0 Å². The third-order valence-corrected chi connectivity index (χ3v) is 6.56. The quantitative estimate of drug-likeness (QED) is 0.793. The van der Waals surface area contributed by atoms with Crippen LogP contribution in [0.25, 0.3) is 0 Å². The number of nitrogens with zero attached hydrogens (tertiary/aromatic N) is 1. The molecule has 1 N–H and O–H groups in total. The first-order valence-corrected chi connectivity index (χ1v) is 10.4. The second kappa shape index (κ2) is 8.01. The minimum atomic E-state index is -3.76. The standard InChI is InChI=1S/C20H24N2O3S/c1-2-3-13-21-20(23)19-14-16-9-7-8-10-17(16)15-22(19)26(24,25)18-11-5-4-6-12-18/h4-12,19H,2-3,13-15H2,1H3,(H,21,23). The first-order valence-electron chi connectivity index (χ1n) is 8.95. The average Bonchev–Trinajstić information content (AvgIpc) is 2.67. The highest BCUT2D eigenvalue weighted by atomic mass is 32.2. The fraction of sp³-hybridized carbons (Fsp3) is 0.350. The van der Waals surface area contributed by atoms with Crippen LogP contribution < -0.4 is 5.32 Å². The Kier molecular flexibility index (Phi) is 5.74. The molecule has 0 aliphatic carbocycles. The molecule has 0 aromatic heterocycles. The zero-order valence-electron chi connectivity index (χ0n) is 14.9. The van der Waals surface area contributed by atoms with Crippen LogP contribution in [0.15, 0.2) is 59.5 Å². The third-order valence-electron chi connectivity index (χ3n) is 4.69. The first-order chi connectivity index (χ1) is 12.5. The van der Waals surface area contributed by atoms with Gasteiger partial charge in [-0.2, -0.15) is 4.31 Å². The predicted molar refractivity (Wildman–Crippen MR) is 101 cm³/mol. The van der Waals surface area contributed by atoms with Gasteiger partial charge in [0.2, 0.25) is 15.9 Å². The maximum Gasteiger partial charge on any atom is 0.244 e. The minimum absolute atomic E-state index is 0.208. The van der Waals surface area contributed by atoms with Crippen molar-refractivity contribution in [1.82, 2.24) is 9.62 Å². The molecule has 1 aliphatic heterocycles. The molecule has 0 bridgehead atoms. The smallest absolute Gasteiger partial charge is 0.244 e. The van der Waals surface area contributed by atoms with E-state index in [1.807, 2.05) is 24.3 Å². The Hall–Kier alpha value is -2.18. The first kappa shape index (κ1) is 18.6. The number of carbonyl (C=O) groups excluding carboxylic acids is 1. The van der Waals surface area contributed by atoms with Crippen molar-refractivity contribution in [2.24, 2.45) is 0 Å². The van der Waals surface area contributed by atoms with Crippen LogP contribution in [0.1, 0.15) is 30.9 Å². The molecule has 0 spiro atoms. The third kappa shape index (κ3) is 3.81. The zero-order chi connectivity index (χ0) is 18.6. The van der Waals surface area contributed by atoms with Gasteiger partial charge in [-0.3, -0.25) is 4.79 Å². The molecular formula is C20H24N2O3S. The second-order valence-corrected chi connectivity index (χ2v) is 8.39. The molecule has 1 amide bonds. The Labute approximate surface area is 155 Å². The summed E-state index contributed by atoms with van der Waals surface area (Å²) in [6.45, 7) is 2.82. The Morgan fingerprint density at radius 3 is 2.42 bits per heavy atom. The highest BCUT2D eigenvalue weighted by Gasteiger charge is 2.39. The number of amides is 1. The molecule has 2 aromatic rings. The summed E-state index contributed by atoms with van der Waals surface area (Å²) in [5, 5.41) is 2.89. The molecule has 5 nitrogen and oxygen atoms in total. The van der Waals surface area contributed by atoms with Crippen LogP contribution in [0.2, 0.25) is 0 Å². The summed E-state index contributed by atoms with van der Waals surface area (Å²) in [5.41, 5.74) is 1.98. The van der Waals surface area contributed by atoms with Crippen molar-refractivity contribution in [2.75, 3.05) is 6.54 Å². The Morgan fingerprint density at radius 2 is 1.73 bits per heavy atom. The molecule has 1 aliphatic rings. The van der Waals surface area contributed by atoms with Crippen LogP contribution in [-0.4, -0.2) is 31.2 Å². The van der Waals surface area contributed by atoms with E-state index in [2.05, 4.69) is 12.2 Å². The molecular weight excluding hydrogens is 348 g/mol. The van der Waals surface area contributed by atoms with Crippen LogP contribution in [0.5, 0.6) is 0 Å². The lowest BCUT2D eigenvalue weighted by Gasteiger charge is -2.35. The number of benzene rings is 2. The number of hydrogen-bond acceptors (Lipinski definition) is 3. The average molecular weight is 372 g/mol. The Bertz CT molecular complexity index is 866. The normalized spacial score (nSPS) is 17.5. The second-order valence-electron chi connectivity index (χ2n) is 6.50. The van der Waals surface area contributed by atoms with E-state index < -0.39 is 16.1 Å². The van der Waals surface area contributed by atoms with E-state index in [1.54, 1.807) is 30.3 Å². The molecule has 3 rings (SSSR count). The lowest BCUT2D eigenvalue weighted by Crippen LogP contribution is -2.52. The number of unbranched alkanes of at least 4 members (excludes halogenated alkanes) is 1. The highest BCUT2D eigenvalue weighted by Crippen LogP contribution is 2.29. The Morgan fingerprint density at radius 1 is 1.08 bits per heavy atom. The number of sulfonamides is 1. The molecule has 2 aromatic carbocycles. The van der Waals surface area contributed by atoms with Gasteiger partial charge in [-0.05, 0) is 36.1 Å². The minimum Gasteiger partial charge on any atom is -0.355 e. The van der Waals surface area contributed by atoms with Gasteiger partial charge in [0, 0.05) is 13.1 Å². The fourth-order valence-electron chi connectivity index (χ4n) is 3.21. The van der Waals surface area contributed by atoms with Crippen molar-refractivity contribution >= 4 is 15.9 Å². The van der Waals surface area contributed by atoms with Gasteiger partial charge in [0.25, 0.3) is 0 Å². The van der Waals surface area contributed by atoms with E-state index in [-0.39, 0.29) is 17.3 Å². The number of hydrogen-bond donors (Lipinski definition) is 1. The van der Waals surface area contributed by atoms with Gasteiger partial charge >= 0.3 is 0 Å². The lowest BCUT2D eigenvalue weighted by molar-refractivity contribution is -0.125. The van der Waals surface area contributed by atoms with Gasteiger partial charge in [-0.1, -0.05) is 55.8 Å². The zero-order valence-corrected chi connectivity index (χ0v) is 15.7. The molecule has 26 heavy (non-hydrogen) atoms. The van der Waals surface area contributed by atoms with Gasteiger partial charge in [-0.25, -0.2) is 8.42 Å². The van der Waals surface area contributed by atoms with E-state index >= 15 is 0 Å². The summed E-state index contributed by atoms with van der Waals surface area (Å²) in [7, 11) is -3.76. The number of nitrogens with one attached hydrogen (secondary N) is 1. The highest BCUT2D eigenvalue weighted by molar-refractivity contribution is 7.89. The fourth-order valence-corrected chi connectivity index (χ4v) is 4.80. The van der Waals surface area contributed by atoms with Gasteiger partial charge in [0.1, 0.15) is 6.04 Å². The molecule has 0 saturated heterocycles. The van der Waals surface area contributed by atoms with E-state index in [4.69, 9.17) is 0 Å². The molecule has 1 unspecified atom stereocenters. The van der Waals surface area contributed by atoms with Crippen molar-refractivity contribution in [2.45, 2.75) is 43.7 Å². The largest absolute Gasteiger partial charge is 0.355 e. The van der Waals surface area contributed by atoms with Gasteiger partial charge in [0.05, 0.1) is 4.90 Å². The van der Waals surface area contributed by atoms with E-state index in [1.165, 1.54) is 4.31 Å². The van der Waals surface area contributed by atoms with Crippen molar-refractivity contribution < 1.29 is 13.2 Å². The monoisotopic (exact) mass is 372 g/mol. The molecule has 1 heterocycles.